The Morgan fingerprint density at radius 3 is 2.81 bits per heavy atom. The highest BCUT2D eigenvalue weighted by atomic mass is 16.5. The molecule has 21 heavy (non-hydrogen) atoms. The zero-order chi connectivity index (χ0) is 15.2. The van der Waals surface area contributed by atoms with Crippen LogP contribution < -0.4 is 15.8 Å². The maximum absolute atomic E-state index is 12.4. The summed E-state index contributed by atoms with van der Waals surface area (Å²) in [7, 11) is 0. The van der Waals surface area contributed by atoms with Gasteiger partial charge in [-0.15, -0.1) is 6.42 Å². The molecular formula is C17H16N2O2. The second kappa shape index (κ2) is 6.49. The van der Waals surface area contributed by atoms with E-state index in [-0.39, 0.29) is 5.91 Å². The van der Waals surface area contributed by atoms with E-state index in [1.807, 2.05) is 6.92 Å². The van der Waals surface area contributed by atoms with Gasteiger partial charge in [-0.1, -0.05) is 18.1 Å². The van der Waals surface area contributed by atoms with Gasteiger partial charge in [0.15, 0.2) is 5.75 Å². The largest absolute Gasteiger partial charge is 0.491 e. The summed E-state index contributed by atoms with van der Waals surface area (Å²) in [6.07, 6.45) is 5.34. The number of anilines is 2. The Bertz CT molecular complexity index is 702. The van der Waals surface area contributed by atoms with Crippen LogP contribution in [0.15, 0.2) is 42.5 Å². The number of nitrogens with two attached hydrogens (primary N) is 1. The summed E-state index contributed by atoms with van der Waals surface area (Å²) in [5.41, 5.74) is 8.00. The molecule has 0 spiro atoms. The number of amides is 1. The van der Waals surface area contributed by atoms with E-state index in [0.717, 1.165) is 0 Å². The van der Waals surface area contributed by atoms with Gasteiger partial charge in [0.25, 0.3) is 5.91 Å². The number of benzene rings is 2. The third kappa shape index (κ3) is 3.34. The molecule has 4 nitrogen and oxygen atoms in total. The van der Waals surface area contributed by atoms with E-state index in [4.69, 9.17) is 16.9 Å². The first-order valence-electron chi connectivity index (χ1n) is 6.55. The molecule has 0 heterocycles. The van der Waals surface area contributed by atoms with Gasteiger partial charge in [-0.2, -0.15) is 0 Å². The molecule has 0 aliphatic heterocycles. The van der Waals surface area contributed by atoms with Crippen LogP contribution in [0.5, 0.6) is 5.75 Å². The summed E-state index contributed by atoms with van der Waals surface area (Å²) in [6, 6.07) is 12.2. The van der Waals surface area contributed by atoms with Crippen LogP contribution in [-0.4, -0.2) is 12.5 Å². The predicted molar refractivity (Wildman–Crippen MR) is 84.4 cm³/mol. The van der Waals surface area contributed by atoms with Crippen molar-refractivity contribution in [2.75, 3.05) is 17.7 Å². The molecule has 2 aromatic rings. The first kappa shape index (κ1) is 14.5. The second-order valence-electron chi connectivity index (χ2n) is 4.34. The maximum Gasteiger partial charge on any atom is 0.259 e. The summed E-state index contributed by atoms with van der Waals surface area (Å²) < 4.78 is 5.45. The molecular weight excluding hydrogens is 264 g/mol. The van der Waals surface area contributed by atoms with Gasteiger partial charge in [0.05, 0.1) is 17.9 Å². The van der Waals surface area contributed by atoms with E-state index in [1.165, 1.54) is 0 Å². The number of nitrogen functional groups attached to an aromatic ring is 1. The fraction of sp³-hybridized carbons (Fsp3) is 0.118. The van der Waals surface area contributed by atoms with Crippen LogP contribution in [0.3, 0.4) is 0 Å². The Balaban J connectivity index is 2.28. The Morgan fingerprint density at radius 2 is 2.10 bits per heavy atom. The fourth-order valence-electron chi connectivity index (χ4n) is 1.92. The average Bonchev–Trinajstić information content (AvgIpc) is 2.49. The number of carbonyl (C=O) groups is 1. The lowest BCUT2D eigenvalue weighted by molar-refractivity contribution is 0.102. The third-order valence-corrected chi connectivity index (χ3v) is 2.87. The number of nitrogens with one attached hydrogen (secondary N) is 1. The highest BCUT2D eigenvalue weighted by Crippen LogP contribution is 2.27. The number of ether oxygens (including phenoxy) is 1. The number of para-hydroxylation sites is 1. The Hall–Kier alpha value is -2.93. The quantitative estimate of drug-likeness (QED) is 0.668. The Kier molecular flexibility index (Phi) is 4.47. The van der Waals surface area contributed by atoms with Gasteiger partial charge in [-0.05, 0) is 37.3 Å². The first-order valence-corrected chi connectivity index (χ1v) is 6.55. The zero-order valence-corrected chi connectivity index (χ0v) is 11.7. The van der Waals surface area contributed by atoms with Crippen molar-refractivity contribution in [3.05, 3.63) is 53.6 Å². The topological polar surface area (TPSA) is 64.4 Å². The molecule has 0 saturated heterocycles. The molecule has 4 heteroatoms. The van der Waals surface area contributed by atoms with Crippen LogP contribution in [-0.2, 0) is 0 Å². The van der Waals surface area contributed by atoms with Crippen molar-refractivity contribution in [2.45, 2.75) is 6.92 Å². The molecule has 0 bridgehead atoms. The summed E-state index contributed by atoms with van der Waals surface area (Å²) in [6.45, 7) is 2.27. The summed E-state index contributed by atoms with van der Waals surface area (Å²) in [5, 5.41) is 2.79. The van der Waals surface area contributed by atoms with Gasteiger partial charge in [-0.3, -0.25) is 4.79 Å². The summed E-state index contributed by atoms with van der Waals surface area (Å²) in [4.78, 5) is 12.4. The molecule has 0 saturated carbocycles. The third-order valence-electron chi connectivity index (χ3n) is 2.87. The lowest BCUT2D eigenvalue weighted by Gasteiger charge is -2.12. The molecule has 2 aromatic carbocycles. The monoisotopic (exact) mass is 280 g/mol. The Morgan fingerprint density at radius 1 is 1.33 bits per heavy atom. The van der Waals surface area contributed by atoms with Crippen LogP contribution >= 0.6 is 0 Å². The second-order valence-corrected chi connectivity index (χ2v) is 4.34. The van der Waals surface area contributed by atoms with E-state index in [2.05, 4.69) is 11.2 Å². The first-order chi connectivity index (χ1) is 10.2. The van der Waals surface area contributed by atoms with E-state index in [0.29, 0.717) is 34.9 Å². The number of carbonyl (C=O) groups excluding carboxylic acids is 1. The summed E-state index contributed by atoms with van der Waals surface area (Å²) >= 11 is 0. The molecule has 0 atom stereocenters. The average molecular weight is 280 g/mol. The standard InChI is InChI=1S/C17H16N2O2/c1-3-12-7-5-8-13(11-12)19-17(20)14-9-6-10-15(18)16(14)21-4-2/h1,5-11H,4,18H2,2H3,(H,19,20). The zero-order valence-electron chi connectivity index (χ0n) is 11.7. The maximum atomic E-state index is 12.4. The number of hydrogen-bond donors (Lipinski definition) is 2. The van der Waals surface area contributed by atoms with Crippen molar-refractivity contribution in [1.29, 1.82) is 0 Å². The van der Waals surface area contributed by atoms with Gasteiger partial charge >= 0.3 is 0 Å². The highest BCUT2D eigenvalue weighted by Gasteiger charge is 2.15. The molecule has 0 radical (unpaired) electrons. The van der Waals surface area contributed by atoms with Crippen LogP contribution in [0.25, 0.3) is 0 Å². The van der Waals surface area contributed by atoms with Crippen molar-refractivity contribution < 1.29 is 9.53 Å². The highest BCUT2D eigenvalue weighted by molar-refractivity contribution is 6.07. The molecule has 3 N–H and O–H groups in total. The van der Waals surface area contributed by atoms with Gasteiger partial charge in [-0.25, -0.2) is 0 Å². The molecule has 0 fully saturated rings. The van der Waals surface area contributed by atoms with Crippen molar-refractivity contribution in [3.8, 4) is 18.1 Å². The number of rotatable bonds is 4. The van der Waals surface area contributed by atoms with Gasteiger partial charge in [0.1, 0.15) is 0 Å². The van der Waals surface area contributed by atoms with Crippen LogP contribution in [0, 0.1) is 12.3 Å². The number of terminal acetylenes is 1. The van der Waals surface area contributed by atoms with Crippen molar-refractivity contribution >= 4 is 17.3 Å². The lowest BCUT2D eigenvalue weighted by Crippen LogP contribution is -2.14. The minimum absolute atomic E-state index is 0.292. The Labute approximate surface area is 123 Å². The normalized spacial score (nSPS) is 9.71. The summed E-state index contributed by atoms with van der Waals surface area (Å²) in [5.74, 6) is 2.63. The molecule has 1 amide bonds. The molecule has 0 aliphatic carbocycles. The molecule has 0 aliphatic rings. The van der Waals surface area contributed by atoms with Crippen molar-refractivity contribution in [3.63, 3.8) is 0 Å². The van der Waals surface area contributed by atoms with Gasteiger partial charge in [0, 0.05) is 11.3 Å². The van der Waals surface area contributed by atoms with Gasteiger partial charge in [0.2, 0.25) is 0 Å². The van der Waals surface area contributed by atoms with E-state index < -0.39 is 0 Å². The van der Waals surface area contributed by atoms with E-state index in [9.17, 15) is 4.79 Å². The van der Waals surface area contributed by atoms with Crippen LogP contribution in [0.2, 0.25) is 0 Å². The predicted octanol–water partition coefficient (Wildman–Crippen LogP) is 2.90. The SMILES string of the molecule is C#Cc1cccc(NC(=O)c2cccc(N)c2OCC)c1. The van der Waals surface area contributed by atoms with Crippen molar-refractivity contribution in [2.24, 2.45) is 0 Å². The minimum Gasteiger partial charge on any atom is -0.491 e. The van der Waals surface area contributed by atoms with Gasteiger partial charge < -0.3 is 15.8 Å². The molecule has 0 unspecified atom stereocenters. The van der Waals surface area contributed by atoms with Crippen LogP contribution in [0.1, 0.15) is 22.8 Å². The molecule has 2 rings (SSSR count). The van der Waals surface area contributed by atoms with E-state index >= 15 is 0 Å². The number of hydrogen-bond acceptors (Lipinski definition) is 3. The lowest BCUT2D eigenvalue weighted by atomic mass is 10.1. The van der Waals surface area contributed by atoms with Crippen molar-refractivity contribution in [1.82, 2.24) is 0 Å². The van der Waals surface area contributed by atoms with Crippen LogP contribution in [0.4, 0.5) is 11.4 Å². The van der Waals surface area contributed by atoms with E-state index in [1.54, 1.807) is 42.5 Å². The smallest absolute Gasteiger partial charge is 0.259 e. The molecule has 106 valence electrons. The molecule has 0 aromatic heterocycles. The minimum atomic E-state index is -0.292. The fourth-order valence-corrected chi connectivity index (χ4v) is 1.92.